The van der Waals surface area contributed by atoms with Crippen molar-refractivity contribution >= 4 is 70.7 Å². The molecule has 1 atom stereocenters. The minimum absolute atomic E-state index is 0.184. The molecule has 1 aromatic heterocycles. The molecule has 0 nitrogen and oxygen atoms in total. The number of halogens is 4. The van der Waals surface area contributed by atoms with Gasteiger partial charge in [0.05, 0.1) is 8.61 Å². The Labute approximate surface area is 135 Å². The van der Waals surface area contributed by atoms with E-state index in [2.05, 4.69) is 60.8 Å². The first-order valence-corrected chi connectivity index (χ1v) is 8.53. The van der Waals surface area contributed by atoms with Crippen LogP contribution in [0.5, 0.6) is 0 Å². The first-order chi connectivity index (χ1) is 7.99. The summed E-state index contributed by atoms with van der Waals surface area (Å²) in [6.07, 6.45) is 0. The van der Waals surface area contributed by atoms with Gasteiger partial charge in [-0.05, 0) is 52.2 Å². The third-order valence-corrected chi connectivity index (χ3v) is 6.77. The van der Waals surface area contributed by atoms with Gasteiger partial charge in [0.1, 0.15) is 0 Å². The van der Waals surface area contributed by atoms with Crippen LogP contribution in [0.3, 0.4) is 0 Å². The zero-order chi connectivity index (χ0) is 12.6. The second kappa shape index (κ2) is 5.74. The fraction of sp³-hybridized carbons (Fsp3) is 0.167. The quantitative estimate of drug-likeness (QED) is 0.438. The molecule has 0 spiro atoms. The Bertz CT molecular complexity index is 531. The highest BCUT2D eigenvalue weighted by Gasteiger charge is 2.16. The highest BCUT2D eigenvalue weighted by Crippen LogP contribution is 2.41. The lowest BCUT2D eigenvalue weighted by molar-refractivity contribution is 1.20. The van der Waals surface area contributed by atoms with Crippen LogP contribution in [0, 0.1) is 6.92 Å². The Morgan fingerprint density at radius 3 is 2.47 bits per heavy atom. The Hall–Kier alpha value is 0.650. The molecule has 0 amide bonds. The smallest absolute Gasteiger partial charge is 0.0749 e. The highest BCUT2D eigenvalue weighted by atomic mass is 79.9. The summed E-state index contributed by atoms with van der Waals surface area (Å²) < 4.78 is 2.20. The molecular weight excluding hydrogens is 451 g/mol. The van der Waals surface area contributed by atoms with Crippen molar-refractivity contribution in [2.45, 2.75) is 11.8 Å². The Kier molecular flexibility index (Phi) is 4.75. The van der Waals surface area contributed by atoms with Gasteiger partial charge in [0.15, 0.2) is 0 Å². The van der Waals surface area contributed by atoms with Crippen LogP contribution >= 0.6 is 70.7 Å². The fourth-order valence-electron chi connectivity index (χ4n) is 1.47. The maximum absolute atomic E-state index is 5.95. The van der Waals surface area contributed by atoms with Crippen LogP contribution in [0.25, 0.3) is 0 Å². The second-order valence-electron chi connectivity index (χ2n) is 3.63. The highest BCUT2D eigenvalue weighted by molar-refractivity contribution is 9.11. The van der Waals surface area contributed by atoms with E-state index in [9.17, 15) is 0 Å². The van der Waals surface area contributed by atoms with E-state index in [0.717, 1.165) is 9.50 Å². The topological polar surface area (TPSA) is 0 Å². The van der Waals surface area contributed by atoms with E-state index >= 15 is 0 Å². The van der Waals surface area contributed by atoms with E-state index in [1.165, 1.54) is 19.8 Å². The average molecular weight is 459 g/mol. The van der Waals surface area contributed by atoms with E-state index in [1.807, 2.05) is 18.2 Å². The molecule has 0 saturated heterocycles. The Balaban J connectivity index is 2.39. The summed E-state index contributed by atoms with van der Waals surface area (Å²) in [7, 11) is 0. The molecule has 0 aliphatic heterocycles. The monoisotopic (exact) mass is 456 g/mol. The third kappa shape index (κ3) is 3.16. The van der Waals surface area contributed by atoms with Crippen molar-refractivity contribution in [3.8, 4) is 0 Å². The molecule has 0 fully saturated rings. The van der Waals surface area contributed by atoms with Crippen molar-refractivity contribution in [3.63, 3.8) is 0 Å². The molecule has 2 aromatic rings. The molecule has 0 radical (unpaired) electrons. The SMILES string of the molecule is Cc1cc(C(Br)c2ccc(Cl)cc2Br)sc1Br. The van der Waals surface area contributed by atoms with Crippen molar-refractivity contribution < 1.29 is 0 Å². The predicted octanol–water partition coefficient (Wildman–Crippen LogP) is 6.72. The average Bonchev–Trinajstić information content (AvgIpc) is 2.58. The van der Waals surface area contributed by atoms with E-state index < -0.39 is 0 Å². The van der Waals surface area contributed by atoms with Gasteiger partial charge in [-0.1, -0.05) is 49.5 Å². The molecule has 1 aromatic carbocycles. The molecule has 0 aliphatic carbocycles. The zero-order valence-electron chi connectivity index (χ0n) is 8.81. The van der Waals surface area contributed by atoms with Gasteiger partial charge in [0.2, 0.25) is 0 Å². The minimum Gasteiger partial charge on any atom is -0.131 e. The molecular formula is C12H8Br3ClS. The number of alkyl halides is 1. The summed E-state index contributed by atoms with van der Waals surface area (Å²) in [5.74, 6) is 0. The Morgan fingerprint density at radius 1 is 1.24 bits per heavy atom. The van der Waals surface area contributed by atoms with Crippen LogP contribution < -0.4 is 0 Å². The molecule has 1 heterocycles. The number of thiophene rings is 1. The normalized spacial score (nSPS) is 12.8. The summed E-state index contributed by atoms with van der Waals surface area (Å²) in [6, 6.07) is 8.05. The summed E-state index contributed by atoms with van der Waals surface area (Å²) in [5.41, 5.74) is 2.45. The Morgan fingerprint density at radius 2 is 1.94 bits per heavy atom. The van der Waals surface area contributed by atoms with Crippen LogP contribution in [0.1, 0.15) is 20.8 Å². The number of hydrogen-bond acceptors (Lipinski definition) is 1. The summed E-state index contributed by atoms with van der Waals surface area (Å²) in [6.45, 7) is 2.10. The van der Waals surface area contributed by atoms with Crippen LogP contribution in [0.2, 0.25) is 5.02 Å². The largest absolute Gasteiger partial charge is 0.131 e. The third-order valence-electron chi connectivity index (χ3n) is 2.36. The molecule has 1 unspecified atom stereocenters. The number of benzene rings is 1. The molecule has 90 valence electrons. The maximum Gasteiger partial charge on any atom is 0.0749 e. The lowest BCUT2D eigenvalue weighted by atomic mass is 10.1. The van der Waals surface area contributed by atoms with Crippen LogP contribution in [-0.2, 0) is 0 Å². The minimum atomic E-state index is 0.184. The lowest BCUT2D eigenvalue weighted by Crippen LogP contribution is -1.90. The van der Waals surface area contributed by atoms with E-state index in [4.69, 9.17) is 11.6 Å². The molecule has 2 rings (SSSR count). The van der Waals surface area contributed by atoms with Gasteiger partial charge in [-0.25, -0.2) is 0 Å². The summed E-state index contributed by atoms with van der Waals surface area (Å²) >= 11 is 18.5. The zero-order valence-corrected chi connectivity index (χ0v) is 15.1. The molecule has 17 heavy (non-hydrogen) atoms. The van der Waals surface area contributed by atoms with Crippen molar-refractivity contribution in [2.75, 3.05) is 0 Å². The van der Waals surface area contributed by atoms with Crippen LogP contribution in [-0.4, -0.2) is 0 Å². The van der Waals surface area contributed by atoms with E-state index in [-0.39, 0.29) is 4.83 Å². The van der Waals surface area contributed by atoms with Crippen molar-refractivity contribution in [1.82, 2.24) is 0 Å². The van der Waals surface area contributed by atoms with Gasteiger partial charge in [-0.15, -0.1) is 11.3 Å². The van der Waals surface area contributed by atoms with Crippen molar-refractivity contribution in [1.29, 1.82) is 0 Å². The van der Waals surface area contributed by atoms with E-state index in [0.29, 0.717) is 0 Å². The summed E-state index contributed by atoms with van der Waals surface area (Å²) in [4.78, 5) is 1.46. The fourth-order valence-corrected chi connectivity index (χ4v) is 5.07. The predicted molar refractivity (Wildman–Crippen MR) is 86.7 cm³/mol. The number of aryl methyl sites for hydroxylation is 1. The molecule has 5 heteroatoms. The number of hydrogen-bond donors (Lipinski definition) is 0. The second-order valence-corrected chi connectivity index (χ2v) is 8.24. The summed E-state index contributed by atoms with van der Waals surface area (Å²) in [5, 5.41) is 0.740. The van der Waals surface area contributed by atoms with Crippen molar-refractivity contribution in [3.05, 3.63) is 53.6 Å². The molecule has 0 aliphatic rings. The van der Waals surface area contributed by atoms with Gasteiger partial charge in [0, 0.05) is 14.4 Å². The van der Waals surface area contributed by atoms with Crippen molar-refractivity contribution in [2.24, 2.45) is 0 Å². The molecule has 0 bridgehead atoms. The number of rotatable bonds is 2. The first-order valence-electron chi connectivity index (χ1n) is 4.84. The first kappa shape index (κ1) is 14.1. The lowest BCUT2D eigenvalue weighted by Gasteiger charge is -2.10. The van der Waals surface area contributed by atoms with Gasteiger partial charge in [-0.3, -0.25) is 0 Å². The molecule has 0 N–H and O–H groups in total. The molecule has 0 saturated carbocycles. The van der Waals surface area contributed by atoms with Crippen LogP contribution in [0.15, 0.2) is 32.5 Å². The van der Waals surface area contributed by atoms with Gasteiger partial charge in [-0.2, -0.15) is 0 Å². The standard InChI is InChI=1S/C12H8Br3ClS/c1-6-4-10(17-12(6)15)11(14)8-3-2-7(16)5-9(8)13/h2-5,11H,1H3. The van der Waals surface area contributed by atoms with Crippen LogP contribution in [0.4, 0.5) is 0 Å². The van der Waals surface area contributed by atoms with Gasteiger partial charge in [0.25, 0.3) is 0 Å². The van der Waals surface area contributed by atoms with Gasteiger partial charge >= 0.3 is 0 Å². The van der Waals surface area contributed by atoms with E-state index in [1.54, 1.807) is 11.3 Å². The maximum atomic E-state index is 5.95. The van der Waals surface area contributed by atoms with Gasteiger partial charge < -0.3 is 0 Å².